The van der Waals surface area contributed by atoms with E-state index in [2.05, 4.69) is 15.5 Å². The standard InChI is InChI=1S/C17H21N5O5S2/c1-7(2)5-27-21-11(10-6-28-17(18)19-10)13(23)20-12-14(24)22-4-9(16(25)26)8(3)29-15(12)22/h4,6-8,12,15H,5H2,1-3H3,(H2,18,19)(H,20,23)(H,25,26)/t8?,12?,15-/m1/s1. The first-order valence-electron chi connectivity index (χ1n) is 8.83. The van der Waals surface area contributed by atoms with Crippen molar-refractivity contribution in [1.82, 2.24) is 15.2 Å². The highest BCUT2D eigenvalue weighted by Gasteiger charge is 2.51. The van der Waals surface area contributed by atoms with Crippen molar-refractivity contribution in [2.75, 3.05) is 12.3 Å². The van der Waals surface area contributed by atoms with E-state index in [-0.39, 0.29) is 44.6 Å². The van der Waals surface area contributed by atoms with Gasteiger partial charge in [0.25, 0.3) is 11.8 Å². The van der Waals surface area contributed by atoms with E-state index in [0.29, 0.717) is 6.61 Å². The molecule has 156 valence electrons. The summed E-state index contributed by atoms with van der Waals surface area (Å²) in [5, 5.41) is 16.9. The molecule has 0 aliphatic carbocycles. The second-order valence-corrected chi connectivity index (χ2v) is 9.31. The number of rotatable bonds is 7. The summed E-state index contributed by atoms with van der Waals surface area (Å²) in [6.45, 7) is 5.94. The summed E-state index contributed by atoms with van der Waals surface area (Å²) in [7, 11) is 0. The Kier molecular flexibility index (Phi) is 6.13. The van der Waals surface area contributed by atoms with Crippen LogP contribution in [-0.2, 0) is 19.2 Å². The summed E-state index contributed by atoms with van der Waals surface area (Å²) >= 11 is 2.45. The monoisotopic (exact) mass is 439 g/mol. The van der Waals surface area contributed by atoms with Crippen LogP contribution >= 0.6 is 23.1 Å². The topological polar surface area (TPSA) is 147 Å². The first kappa shape index (κ1) is 21.1. The lowest BCUT2D eigenvalue weighted by atomic mass is 10.1. The third-order valence-corrected chi connectivity index (χ3v) is 6.33. The average Bonchev–Trinajstić information content (AvgIpc) is 3.08. The first-order chi connectivity index (χ1) is 13.7. The molecule has 3 rings (SSSR count). The fourth-order valence-corrected chi connectivity index (χ4v) is 4.64. The summed E-state index contributed by atoms with van der Waals surface area (Å²) in [5.74, 6) is -1.86. The molecule has 10 nitrogen and oxygen atoms in total. The first-order valence-corrected chi connectivity index (χ1v) is 10.7. The Morgan fingerprint density at radius 2 is 2.21 bits per heavy atom. The Morgan fingerprint density at radius 3 is 2.79 bits per heavy atom. The van der Waals surface area contributed by atoms with E-state index in [0.717, 1.165) is 11.3 Å². The Balaban J connectivity index is 1.75. The number of nitrogens with one attached hydrogen (secondary N) is 1. The summed E-state index contributed by atoms with van der Waals surface area (Å²) in [4.78, 5) is 47.2. The van der Waals surface area contributed by atoms with Crippen LogP contribution in [0.25, 0.3) is 0 Å². The lowest BCUT2D eigenvalue weighted by Gasteiger charge is -2.48. The van der Waals surface area contributed by atoms with Crippen LogP contribution in [-0.4, -0.2) is 61.8 Å². The number of hydrogen-bond donors (Lipinski definition) is 3. The highest BCUT2D eigenvalue weighted by Crippen LogP contribution is 2.40. The normalized spacial score (nSPS) is 23.9. The molecule has 1 aromatic heterocycles. The number of nitrogens with zero attached hydrogens (tertiary/aromatic N) is 3. The highest BCUT2D eigenvalue weighted by molar-refractivity contribution is 8.00. The molecule has 2 aliphatic heterocycles. The number of thioether (sulfide) groups is 1. The number of nitrogen functional groups attached to an aromatic ring is 1. The number of anilines is 1. The van der Waals surface area contributed by atoms with E-state index >= 15 is 0 Å². The number of carboxylic acids is 1. The third kappa shape index (κ3) is 4.37. The van der Waals surface area contributed by atoms with E-state index < -0.39 is 17.9 Å². The second-order valence-electron chi connectivity index (χ2n) is 6.96. The van der Waals surface area contributed by atoms with E-state index in [1.54, 1.807) is 12.3 Å². The molecule has 0 saturated carbocycles. The van der Waals surface area contributed by atoms with Gasteiger partial charge in [0.15, 0.2) is 10.8 Å². The number of fused-ring (bicyclic) bond motifs is 1. The minimum Gasteiger partial charge on any atom is -0.478 e. The molecule has 2 unspecified atom stereocenters. The van der Waals surface area contributed by atoms with Crippen LogP contribution in [0, 0.1) is 5.92 Å². The van der Waals surface area contributed by atoms with Crippen molar-refractivity contribution >= 4 is 51.7 Å². The Labute approximate surface area is 175 Å². The largest absolute Gasteiger partial charge is 0.478 e. The summed E-state index contributed by atoms with van der Waals surface area (Å²) in [5.41, 5.74) is 5.99. The van der Waals surface area contributed by atoms with Gasteiger partial charge in [-0.1, -0.05) is 19.0 Å². The van der Waals surface area contributed by atoms with Gasteiger partial charge in [-0.25, -0.2) is 9.78 Å². The van der Waals surface area contributed by atoms with Crippen molar-refractivity contribution in [3.05, 3.63) is 22.8 Å². The maximum absolute atomic E-state index is 12.8. The van der Waals surface area contributed by atoms with Crippen LogP contribution in [0.1, 0.15) is 26.5 Å². The SMILES string of the molecule is CC(C)CON=C(C(=O)NC1C(=O)N2C=C(C(=O)O)C(C)S[C@H]12)c1csc(N)n1. The van der Waals surface area contributed by atoms with Gasteiger partial charge in [-0.3, -0.25) is 9.59 Å². The Morgan fingerprint density at radius 1 is 1.48 bits per heavy atom. The van der Waals surface area contributed by atoms with Gasteiger partial charge in [0.2, 0.25) is 0 Å². The summed E-state index contributed by atoms with van der Waals surface area (Å²) < 4.78 is 0. The highest BCUT2D eigenvalue weighted by atomic mass is 32.2. The fourth-order valence-electron chi connectivity index (χ4n) is 2.73. The molecule has 3 atom stereocenters. The number of aliphatic carboxylic acids is 1. The molecular weight excluding hydrogens is 418 g/mol. The molecule has 1 aromatic rings. The van der Waals surface area contributed by atoms with Crippen molar-refractivity contribution in [1.29, 1.82) is 0 Å². The number of aromatic nitrogens is 1. The zero-order valence-corrected chi connectivity index (χ0v) is 17.6. The number of hydrogen-bond acceptors (Lipinski definition) is 9. The van der Waals surface area contributed by atoms with Crippen LogP contribution in [0.4, 0.5) is 5.13 Å². The average molecular weight is 440 g/mol. The Hall–Kier alpha value is -2.60. The van der Waals surface area contributed by atoms with Crippen molar-refractivity contribution in [3.63, 3.8) is 0 Å². The quantitative estimate of drug-likeness (QED) is 0.322. The zero-order valence-electron chi connectivity index (χ0n) is 16.0. The van der Waals surface area contributed by atoms with Gasteiger partial charge in [0.1, 0.15) is 23.7 Å². The maximum atomic E-state index is 12.8. The molecule has 0 bridgehead atoms. The molecule has 4 N–H and O–H groups in total. The second kappa shape index (κ2) is 8.41. The molecule has 1 saturated heterocycles. The van der Waals surface area contributed by atoms with E-state index in [1.165, 1.54) is 22.9 Å². The van der Waals surface area contributed by atoms with Crippen molar-refractivity contribution in [2.24, 2.45) is 11.1 Å². The smallest absolute Gasteiger partial charge is 0.334 e. The van der Waals surface area contributed by atoms with E-state index in [1.807, 2.05) is 13.8 Å². The van der Waals surface area contributed by atoms with E-state index in [4.69, 9.17) is 10.6 Å². The predicted molar refractivity (Wildman–Crippen MR) is 109 cm³/mol. The number of amides is 2. The van der Waals surface area contributed by atoms with Crippen molar-refractivity contribution in [2.45, 2.75) is 37.4 Å². The molecule has 0 aromatic carbocycles. The summed E-state index contributed by atoms with van der Waals surface area (Å²) in [6, 6.07) is -0.798. The van der Waals surface area contributed by atoms with Gasteiger partial charge in [0.05, 0.1) is 5.57 Å². The Bertz CT molecular complexity index is 897. The third-order valence-electron chi connectivity index (χ3n) is 4.22. The van der Waals surface area contributed by atoms with Gasteiger partial charge in [-0.15, -0.1) is 23.1 Å². The molecule has 0 spiro atoms. The van der Waals surface area contributed by atoms with Gasteiger partial charge in [-0.2, -0.15) is 0 Å². The molecule has 1 fully saturated rings. The molecule has 29 heavy (non-hydrogen) atoms. The number of nitrogens with two attached hydrogens (primary N) is 1. The minimum atomic E-state index is -1.07. The molecule has 3 heterocycles. The predicted octanol–water partition coefficient (Wildman–Crippen LogP) is 0.859. The van der Waals surface area contributed by atoms with Crippen LogP contribution in [0.3, 0.4) is 0 Å². The van der Waals surface area contributed by atoms with Crippen LogP contribution in [0.5, 0.6) is 0 Å². The number of carbonyl (C=O) groups is 3. The number of β-lactam (4-membered cyclic amide) rings is 1. The van der Waals surface area contributed by atoms with Gasteiger partial charge < -0.3 is 25.9 Å². The number of carbonyl (C=O) groups excluding carboxylic acids is 2. The molecule has 2 amide bonds. The van der Waals surface area contributed by atoms with Gasteiger partial charge in [0, 0.05) is 16.8 Å². The number of carboxylic acid groups (broad SMARTS) is 1. The minimum absolute atomic E-state index is 0.0690. The molecule has 0 radical (unpaired) electrons. The molecule has 12 heteroatoms. The van der Waals surface area contributed by atoms with Gasteiger partial charge >= 0.3 is 5.97 Å². The molecule has 2 aliphatic rings. The summed E-state index contributed by atoms with van der Waals surface area (Å²) in [6.07, 6.45) is 1.33. The van der Waals surface area contributed by atoms with Crippen molar-refractivity contribution in [3.8, 4) is 0 Å². The lowest BCUT2D eigenvalue weighted by molar-refractivity contribution is -0.144. The zero-order chi connectivity index (χ0) is 21.3. The molecular formula is C17H21N5O5S2. The number of thiazole rings is 1. The maximum Gasteiger partial charge on any atom is 0.334 e. The lowest BCUT2D eigenvalue weighted by Crippen LogP contribution is -2.69. The number of oxime groups is 1. The van der Waals surface area contributed by atoms with Crippen molar-refractivity contribution < 1.29 is 24.3 Å². The van der Waals surface area contributed by atoms with Gasteiger partial charge in [-0.05, 0) is 12.8 Å². The van der Waals surface area contributed by atoms with E-state index in [9.17, 15) is 19.5 Å². The van der Waals surface area contributed by atoms with Crippen LogP contribution in [0.2, 0.25) is 0 Å². The van der Waals surface area contributed by atoms with Crippen LogP contribution < -0.4 is 11.1 Å². The fraction of sp³-hybridized carbons (Fsp3) is 0.471. The van der Waals surface area contributed by atoms with Crippen LogP contribution in [0.15, 0.2) is 22.3 Å².